The fourth-order valence-corrected chi connectivity index (χ4v) is 2.22. The van der Waals surface area contributed by atoms with Crippen LogP contribution in [-0.4, -0.2) is 18.5 Å². The van der Waals surface area contributed by atoms with E-state index in [1.54, 1.807) is 0 Å². The molecule has 100 valence electrons. The molecule has 18 heavy (non-hydrogen) atoms. The monoisotopic (exact) mass is 248 g/mol. The average molecular weight is 248 g/mol. The Labute approximate surface area is 110 Å². The Kier molecular flexibility index (Phi) is 5.20. The number of carbonyl (C=O) groups is 1. The van der Waals surface area contributed by atoms with Crippen LogP contribution >= 0.6 is 0 Å². The third-order valence-corrected chi connectivity index (χ3v) is 3.85. The second kappa shape index (κ2) is 6.43. The highest BCUT2D eigenvalue weighted by Gasteiger charge is 2.26. The van der Waals surface area contributed by atoms with Gasteiger partial charge in [0.2, 0.25) is 0 Å². The Balaban J connectivity index is 2.94. The summed E-state index contributed by atoms with van der Waals surface area (Å²) in [5.74, 6) is 0.00509. The van der Waals surface area contributed by atoms with Gasteiger partial charge in [-0.1, -0.05) is 32.9 Å². The van der Waals surface area contributed by atoms with E-state index in [9.17, 15) is 4.79 Å². The van der Waals surface area contributed by atoms with E-state index in [4.69, 9.17) is 0 Å². The molecule has 2 N–H and O–H groups in total. The molecule has 0 aliphatic carbocycles. The van der Waals surface area contributed by atoms with Crippen LogP contribution in [0, 0.1) is 0 Å². The Hall–Kier alpha value is -1.51. The van der Waals surface area contributed by atoms with Crippen LogP contribution < -0.4 is 10.6 Å². The lowest BCUT2D eigenvalue weighted by Gasteiger charge is -2.32. The molecule has 0 spiro atoms. The Morgan fingerprint density at radius 2 is 1.67 bits per heavy atom. The first-order valence-electron chi connectivity index (χ1n) is 6.71. The van der Waals surface area contributed by atoms with Gasteiger partial charge < -0.3 is 10.6 Å². The quantitative estimate of drug-likeness (QED) is 0.810. The number of benzene rings is 1. The first-order chi connectivity index (χ1) is 8.62. The molecule has 0 saturated carbocycles. The zero-order valence-electron chi connectivity index (χ0n) is 11.8. The van der Waals surface area contributed by atoms with Crippen molar-refractivity contribution in [1.29, 1.82) is 0 Å². The molecule has 0 saturated heterocycles. The van der Waals surface area contributed by atoms with Crippen LogP contribution in [0.5, 0.6) is 0 Å². The lowest BCUT2D eigenvalue weighted by Crippen LogP contribution is -2.47. The number of carbonyl (C=O) groups excluding carboxylic acids is 1. The van der Waals surface area contributed by atoms with Crippen LogP contribution in [0.3, 0.4) is 0 Å². The fourth-order valence-electron chi connectivity index (χ4n) is 2.22. The van der Waals surface area contributed by atoms with Crippen molar-refractivity contribution in [3.8, 4) is 0 Å². The zero-order valence-corrected chi connectivity index (χ0v) is 11.8. The van der Waals surface area contributed by atoms with Crippen LogP contribution in [0.15, 0.2) is 24.3 Å². The topological polar surface area (TPSA) is 41.1 Å². The van der Waals surface area contributed by atoms with Crippen molar-refractivity contribution < 1.29 is 4.79 Å². The molecule has 0 heterocycles. The Bertz CT molecular complexity index is 389. The maximum absolute atomic E-state index is 12.4. The summed E-state index contributed by atoms with van der Waals surface area (Å²) in [6.07, 6.45) is 2.86. The smallest absolute Gasteiger partial charge is 0.253 e. The second-order valence-corrected chi connectivity index (χ2v) is 4.59. The van der Waals surface area contributed by atoms with Gasteiger partial charge in [-0.3, -0.25) is 4.79 Å². The van der Waals surface area contributed by atoms with Gasteiger partial charge in [0.1, 0.15) is 0 Å². The molecule has 0 unspecified atom stereocenters. The van der Waals surface area contributed by atoms with E-state index in [0.717, 1.165) is 24.9 Å². The summed E-state index contributed by atoms with van der Waals surface area (Å²) in [5.41, 5.74) is 1.49. The number of hydrogen-bond donors (Lipinski definition) is 2. The van der Waals surface area contributed by atoms with Crippen molar-refractivity contribution in [2.45, 2.75) is 45.6 Å². The van der Waals surface area contributed by atoms with Gasteiger partial charge in [-0.25, -0.2) is 0 Å². The van der Waals surface area contributed by atoms with Crippen molar-refractivity contribution >= 4 is 11.6 Å². The molecule has 3 heteroatoms. The third kappa shape index (κ3) is 3.03. The van der Waals surface area contributed by atoms with Crippen molar-refractivity contribution in [1.82, 2.24) is 5.32 Å². The lowest BCUT2D eigenvalue weighted by molar-refractivity contribution is 0.0889. The zero-order chi connectivity index (χ0) is 13.6. The van der Waals surface area contributed by atoms with E-state index in [0.29, 0.717) is 5.56 Å². The number of nitrogens with one attached hydrogen (secondary N) is 2. The number of hydrogen-bond acceptors (Lipinski definition) is 2. The second-order valence-electron chi connectivity index (χ2n) is 4.59. The normalized spacial score (nSPS) is 11.1. The van der Waals surface area contributed by atoms with Crippen molar-refractivity contribution in [3.05, 3.63) is 29.8 Å². The Morgan fingerprint density at radius 3 is 2.17 bits per heavy atom. The lowest BCUT2D eigenvalue weighted by atomic mass is 9.89. The summed E-state index contributed by atoms with van der Waals surface area (Å²) < 4.78 is 0. The molecule has 0 aliphatic heterocycles. The van der Waals surface area contributed by atoms with Gasteiger partial charge in [-0.2, -0.15) is 0 Å². The van der Waals surface area contributed by atoms with E-state index < -0.39 is 0 Å². The molecule has 1 aromatic carbocycles. The summed E-state index contributed by atoms with van der Waals surface area (Å²) in [6.45, 7) is 6.37. The van der Waals surface area contributed by atoms with Gasteiger partial charge in [-0.05, 0) is 31.4 Å². The third-order valence-electron chi connectivity index (χ3n) is 3.85. The molecule has 0 atom stereocenters. The standard InChI is InChI=1S/C15H24N2O/c1-5-15(6-2,7-3)17-14(18)12-10-8-9-11-13(12)16-4/h8-11,16H,5-7H2,1-4H3,(H,17,18). The highest BCUT2D eigenvalue weighted by Crippen LogP contribution is 2.21. The highest BCUT2D eigenvalue weighted by molar-refractivity contribution is 5.99. The maximum Gasteiger partial charge on any atom is 0.253 e. The maximum atomic E-state index is 12.4. The van der Waals surface area contributed by atoms with E-state index in [1.165, 1.54) is 0 Å². The Morgan fingerprint density at radius 1 is 1.11 bits per heavy atom. The molecular formula is C15H24N2O. The molecule has 0 fully saturated rings. The van der Waals surface area contributed by atoms with Crippen LogP contribution in [0.1, 0.15) is 50.4 Å². The predicted octanol–water partition coefficient (Wildman–Crippen LogP) is 3.43. The van der Waals surface area contributed by atoms with E-state index >= 15 is 0 Å². The molecule has 0 aromatic heterocycles. The summed E-state index contributed by atoms with van der Waals surface area (Å²) in [6, 6.07) is 7.59. The molecule has 0 aliphatic rings. The minimum atomic E-state index is -0.0854. The first-order valence-corrected chi connectivity index (χ1v) is 6.71. The summed E-state index contributed by atoms with van der Waals surface area (Å²) in [5, 5.41) is 6.25. The number of rotatable bonds is 6. The van der Waals surface area contributed by atoms with Crippen molar-refractivity contribution in [3.63, 3.8) is 0 Å². The van der Waals surface area contributed by atoms with E-state index in [2.05, 4.69) is 31.4 Å². The van der Waals surface area contributed by atoms with Gasteiger partial charge in [0.15, 0.2) is 0 Å². The van der Waals surface area contributed by atoms with Crippen LogP contribution in [0.4, 0.5) is 5.69 Å². The molecule has 0 bridgehead atoms. The fraction of sp³-hybridized carbons (Fsp3) is 0.533. The van der Waals surface area contributed by atoms with E-state index in [1.807, 2.05) is 31.3 Å². The van der Waals surface area contributed by atoms with Gasteiger partial charge in [0.05, 0.1) is 5.56 Å². The molecular weight excluding hydrogens is 224 g/mol. The largest absolute Gasteiger partial charge is 0.387 e. The SMILES string of the molecule is CCC(CC)(CC)NC(=O)c1ccccc1NC. The summed E-state index contributed by atoms with van der Waals surface area (Å²) in [4.78, 5) is 12.4. The predicted molar refractivity (Wildman–Crippen MR) is 77.1 cm³/mol. The van der Waals surface area contributed by atoms with Gasteiger partial charge in [0.25, 0.3) is 5.91 Å². The molecule has 1 rings (SSSR count). The number of anilines is 1. The average Bonchev–Trinajstić information content (AvgIpc) is 2.44. The molecule has 1 amide bonds. The van der Waals surface area contributed by atoms with Gasteiger partial charge in [0, 0.05) is 18.3 Å². The van der Waals surface area contributed by atoms with Crippen molar-refractivity contribution in [2.24, 2.45) is 0 Å². The van der Waals surface area contributed by atoms with E-state index in [-0.39, 0.29) is 11.4 Å². The van der Waals surface area contributed by atoms with Gasteiger partial charge in [-0.15, -0.1) is 0 Å². The number of amides is 1. The van der Waals surface area contributed by atoms with Crippen molar-refractivity contribution in [2.75, 3.05) is 12.4 Å². The number of para-hydroxylation sites is 1. The minimum absolute atomic E-state index is 0.00509. The summed E-state index contributed by atoms with van der Waals surface area (Å²) >= 11 is 0. The van der Waals surface area contributed by atoms with Gasteiger partial charge >= 0.3 is 0 Å². The first kappa shape index (κ1) is 14.6. The minimum Gasteiger partial charge on any atom is -0.387 e. The highest BCUT2D eigenvalue weighted by atomic mass is 16.1. The summed E-state index contributed by atoms with van der Waals surface area (Å²) in [7, 11) is 1.83. The van der Waals surface area contributed by atoms with Crippen LogP contribution in [0.25, 0.3) is 0 Å². The van der Waals surface area contributed by atoms with Crippen LogP contribution in [-0.2, 0) is 0 Å². The molecule has 1 aromatic rings. The molecule has 3 nitrogen and oxygen atoms in total. The molecule has 0 radical (unpaired) electrons. The van der Waals surface area contributed by atoms with Crippen LogP contribution in [0.2, 0.25) is 0 Å².